The summed E-state index contributed by atoms with van der Waals surface area (Å²) < 4.78 is 13.3. The molecule has 2 nitrogen and oxygen atoms in total. The first-order valence-corrected chi connectivity index (χ1v) is 6.91. The first kappa shape index (κ1) is 15.5. The normalized spacial score (nSPS) is 11.1. The lowest BCUT2D eigenvalue weighted by Gasteiger charge is -2.25. The Bertz CT molecular complexity index is 447. The Morgan fingerprint density at radius 2 is 2.00 bits per heavy atom. The highest BCUT2D eigenvalue weighted by atomic mass is 19.1. The van der Waals surface area contributed by atoms with Crippen molar-refractivity contribution in [3.8, 4) is 6.07 Å². The van der Waals surface area contributed by atoms with Gasteiger partial charge in [-0.3, -0.25) is 0 Å². The Morgan fingerprint density at radius 3 is 2.63 bits per heavy atom. The lowest BCUT2D eigenvalue weighted by Crippen LogP contribution is -2.23. The zero-order valence-electron chi connectivity index (χ0n) is 12.1. The summed E-state index contributed by atoms with van der Waals surface area (Å²) >= 11 is 0. The number of nitrogens with one attached hydrogen (secondary N) is 1. The van der Waals surface area contributed by atoms with Gasteiger partial charge in [-0.15, -0.1) is 0 Å². The average Bonchev–Trinajstić information content (AvgIpc) is 2.36. The molecule has 0 atom stereocenters. The SMILES string of the molecule is CCCCCC(C)(C)CNc1cc(F)cc(C#N)c1. The van der Waals surface area contributed by atoms with Crippen LogP contribution >= 0.6 is 0 Å². The number of benzene rings is 1. The fourth-order valence-electron chi connectivity index (χ4n) is 2.04. The van der Waals surface area contributed by atoms with E-state index in [0.717, 1.165) is 13.0 Å². The molecule has 104 valence electrons. The van der Waals surface area contributed by atoms with Crippen LogP contribution in [0.25, 0.3) is 0 Å². The molecule has 0 spiro atoms. The summed E-state index contributed by atoms with van der Waals surface area (Å²) in [5.41, 5.74) is 1.21. The first-order valence-electron chi connectivity index (χ1n) is 6.91. The van der Waals surface area contributed by atoms with Crippen LogP contribution in [0.2, 0.25) is 0 Å². The van der Waals surface area contributed by atoms with E-state index < -0.39 is 0 Å². The summed E-state index contributed by atoms with van der Waals surface area (Å²) in [7, 11) is 0. The molecule has 0 aliphatic heterocycles. The molecule has 1 N–H and O–H groups in total. The number of nitriles is 1. The van der Waals surface area contributed by atoms with Gasteiger partial charge in [0.1, 0.15) is 5.82 Å². The Kier molecular flexibility index (Phi) is 5.82. The van der Waals surface area contributed by atoms with E-state index in [1.54, 1.807) is 6.07 Å². The van der Waals surface area contributed by atoms with Crippen LogP contribution < -0.4 is 5.32 Å². The highest BCUT2D eigenvalue weighted by Crippen LogP contribution is 2.25. The van der Waals surface area contributed by atoms with Gasteiger partial charge in [0.2, 0.25) is 0 Å². The molecule has 0 aliphatic carbocycles. The second-order valence-electron chi connectivity index (χ2n) is 5.82. The Hall–Kier alpha value is -1.56. The highest BCUT2D eigenvalue weighted by Gasteiger charge is 2.17. The Morgan fingerprint density at radius 1 is 1.26 bits per heavy atom. The zero-order valence-corrected chi connectivity index (χ0v) is 12.1. The van der Waals surface area contributed by atoms with Crippen molar-refractivity contribution in [3.05, 3.63) is 29.6 Å². The van der Waals surface area contributed by atoms with Crippen LogP contribution in [0, 0.1) is 22.6 Å². The quantitative estimate of drug-likeness (QED) is 0.722. The minimum Gasteiger partial charge on any atom is -0.384 e. The summed E-state index contributed by atoms with van der Waals surface area (Å²) in [6.07, 6.45) is 4.84. The molecular weight excluding hydrogens is 239 g/mol. The first-order chi connectivity index (χ1) is 8.96. The molecule has 0 aliphatic rings. The third-order valence-corrected chi connectivity index (χ3v) is 3.26. The van der Waals surface area contributed by atoms with E-state index in [9.17, 15) is 4.39 Å². The topological polar surface area (TPSA) is 35.8 Å². The maximum Gasteiger partial charge on any atom is 0.126 e. The second-order valence-corrected chi connectivity index (χ2v) is 5.82. The van der Waals surface area contributed by atoms with Crippen LogP contribution in [0.15, 0.2) is 18.2 Å². The number of hydrogen-bond acceptors (Lipinski definition) is 2. The van der Waals surface area contributed by atoms with E-state index in [1.165, 1.54) is 31.4 Å². The van der Waals surface area contributed by atoms with Gasteiger partial charge in [0.15, 0.2) is 0 Å². The van der Waals surface area contributed by atoms with Crippen LogP contribution in [0.1, 0.15) is 52.0 Å². The summed E-state index contributed by atoms with van der Waals surface area (Å²) in [5.74, 6) is -0.370. The van der Waals surface area contributed by atoms with E-state index in [2.05, 4.69) is 26.1 Å². The average molecular weight is 262 g/mol. The molecular formula is C16H23FN2. The standard InChI is InChI=1S/C16H23FN2/c1-4-5-6-7-16(2,3)12-19-15-9-13(11-18)8-14(17)10-15/h8-10,19H,4-7,12H2,1-3H3. The van der Waals surface area contributed by atoms with Crippen molar-refractivity contribution in [3.63, 3.8) is 0 Å². The van der Waals surface area contributed by atoms with Crippen molar-refractivity contribution in [2.75, 3.05) is 11.9 Å². The molecule has 19 heavy (non-hydrogen) atoms. The van der Waals surface area contributed by atoms with Gasteiger partial charge in [0.25, 0.3) is 0 Å². The van der Waals surface area contributed by atoms with Crippen molar-refractivity contribution in [2.24, 2.45) is 5.41 Å². The molecule has 1 aromatic rings. The van der Waals surface area contributed by atoms with Crippen LogP contribution in [-0.4, -0.2) is 6.54 Å². The molecule has 0 saturated heterocycles. The second kappa shape index (κ2) is 7.13. The van der Waals surface area contributed by atoms with Gasteiger partial charge in [-0.25, -0.2) is 4.39 Å². The van der Waals surface area contributed by atoms with Crippen molar-refractivity contribution < 1.29 is 4.39 Å². The molecule has 0 amide bonds. The van der Waals surface area contributed by atoms with Crippen molar-refractivity contribution in [1.82, 2.24) is 0 Å². The van der Waals surface area contributed by atoms with E-state index in [0.29, 0.717) is 11.3 Å². The molecule has 1 rings (SSSR count). The van der Waals surface area contributed by atoms with E-state index in [-0.39, 0.29) is 11.2 Å². The van der Waals surface area contributed by atoms with Gasteiger partial charge >= 0.3 is 0 Å². The van der Waals surface area contributed by atoms with E-state index >= 15 is 0 Å². The largest absolute Gasteiger partial charge is 0.384 e. The van der Waals surface area contributed by atoms with Crippen LogP contribution in [-0.2, 0) is 0 Å². The Labute approximate surface area is 115 Å². The zero-order chi connectivity index (χ0) is 14.3. The van der Waals surface area contributed by atoms with Crippen LogP contribution in [0.3, 0.4) is 0 Å². The lowest BCUT2D eigenvalue weighted by atomic mass is 9.87. The molecule has 0 bridgehead atoms. The maximum atomic E-state index is 13.3. The fourth-order valence-corrected chi connectivity index (χ4v) is 2.04. The smallest absolute Gasteiger partial charge is 0.126 e. The minimum atomic E-state index is -0.370. The number of hydrogen-bond donors (Lipinski definition) is 1. The molecule has 0 aromatic heterocycles. The van der Waals surface area contributed by atoms with Gasteiger partial charge in [-0.05, 0) is 30.0 Å². The van der Waals surface area contributed by atoms with Crippen molar-refractivity contribution in [2.45, 2.75) is 46.5 Å². The Balaban J connectivity index is 2.56. The van der Waals surface area contributed by atoms with Crippen molar-refractivity contribution >= 4 is 5.69 Å². The van der Waals surface area contributed by atoms with Crippen LogP contribution in [0.4, 0.5) is 10.1 Å². The summed E-state index contributed by atoms with van der Waals surface area (Å²) in [6, 6.07) is 6.33. The van der Waals surface area contributed by atoms with E-state index in [4.69, 9.17) is 5.26 Å². The van der Waals surface area contributed by atoms with E-state index in [1.807, 2.05) is 6.07 Å². The molecule has 0 unspecified atom stereocenters. The minimum absolute atomic E-state index is 0.175. The predicted octanol–water partition coefficient (Wildman–Crippen LogP) is 4.72. The predicted molar refractivity (Wildman–Crippen MR) is 77.5 cm³/mol. The van der Waals surface area contributed by atoms with Gasteiger partial charge in [-0.1, -0.05) is 40.0 Å². The monoisotopic (exact) mass is 262 g/mol. The number of nitrogens with zero attached hydrogens (tertiary/aromatic N) is 1. The molecule has 0 fully saturated rings. The maximum absolute atomic E-state index is 13.3. The number of unbranched alkanes of at least 4 members (excludes halogenated alkanes) is 2. The van der Waals surface area contributed by atoms with Gasteiger partial charge in [0.05, 0.1) is 11.6 Å². The summed E-state index contributed by atoms with van der Waals surface area (Å²) in [5, 5.41) is 12.0. The number of rotatable bonds is 7. The number of anilines is 1. The fraction of sp³-hybridized carbons (Fsp3) is 0.562. The molecule has 0 saturated carbocycles. The van der Waals surface area contributed by atoms with Gasteiger partial charge < -0.3 is 5.32 Å². The van der Waals surface area contributed by atoms with Crippen molar-refractivity contribution in [1.29, 1.82) is 5.26 Å². The third kappa shape index (κ3) is 5.74. The molecule has 1 aromatic carbocycles. The third-order valence-electron chi connectivity index (χ3n) is 3.26. The molecule has 0 radical (unpaired) electrons. The highest BCUT2D eigenvalue weighted by molar-refractivity contribution is 5.49. The van der Waals surface area contributed by atoms with Gasteiger partial charge in [-0.2, -0.15) is 5.26 Å². The molecule has 3 heteroatoms. The molecule has 0 heterocycles. The lowest BCUT2D eigenvalue weighted by molar-refractivity contribution is 0.342. The van der Waals surface area contributed by atoms with Gasteiger partial charge in [0, 0.05) is 12.2 Å². The summed E-state index contributed by atoms with van der Waals surface area (Å²) in [6.45, 7) is 7.40. The summed E-state index contributed by atoms with van der Waals surface area (Å²) in [4.78, 5) is 0. The number of halogens is 1. The van der Waals surface area contributed by atoms with Crippen LogP contribution in [0.5, 0.6) is 0 Å².